The Morgan fingerprint density at radius 2 is 1.80 bits per heavy atom. The summed E-state index contributed by atoms with van der Waals surface area (Å²) < 4.78 is 23.2. The quantitative estimate of drug-likeness (QED) is 0.253. The molecule has 1 fully saturated rings. The molecule has 0 aliphatic heterocycles. The second-order valence-electron chi connectivity index (χ2n) is 11.0. The van der Waals surface area contributed by atoms with Gasteiger partial charge in [0.05, 0.1) is 5.75 Å². The Kier molecular flexibility index (Phi) is 12.5. The number of rotatable bonds is 15. The minimum Gasteiger partial charge on any atom is -0.480 e. The van der Waals surface area contributed by atoms with Crippen molar-refractivity contribution >= 4 is 33.5 Å². The number of carbonyl (C=O) groups excluding carboxylic acids is 1. The molecule has 1 aliphatic carbocycles. The number of carbonyl (C=O) groups is 2. The van der Waals surface area contributed by atoms with Crippen molar-refractivity contribution in [3.8, 4) is 11.1 Å². The van der Waals surface area contributed by atoms with Gasteiger partial charge >= 0.3 is 5.97 Å². The van der Waals surface area contributed by atoms with Gasteiger partial charge in [-0.3, -0.25) is 4.79 Å². The fourth-order valence-corrected chi connectivity index (χ4v) is 6.82. The molecule has 0 radical (unpaired) electrons. The van der Waals surface area contributed by atoms with Crippen molar-refractivity contribution in [3.63, 3.8) is 0 Å². The average Bonchev–Trinajstić information content (AvgIpc) is 2.92. The summed E-state index contributed by atoms with van der Waals surface area (Å²) in [5.41, 5.74) is 4.05. The zero-order chi connectivity index (χ0) is 29.1. The van der Waals surface area contributed by atoms with Gasteiger partial charge in [0.1, 0.15) is 15.9 Å². The molecule has 0 spiro atoms. The molecule has 0 bridgehead atoms. The SMILES string of the molecule is CCSCC(CC1CCCCC1)NCc1ccc(C(=O)N[C@@H](CCS(C)(=O)=O)C(=O)O)c(-c2ccccc2C)c1. The smallest absolute Gasteiger partial charge is 0.326 e. The third-order valence-corrected chi connectivity index (χ3v) is 9.63. The first-order chi connectivity index (χ1) is 19.1. The summed E-state index contributed by atoms with van der Waals surface area (Å²) in [7, 11) is -3.37. The molecule has 3 rings (SSSR count). The van der Waals surface area contributed by atoms with Crippen LogP contribution >= 0.6 is 11.8 Å². The third kappa shape index (κ3) is 10.2. The van der Waals surface area contributed by atoms with Crippen LogP contribution in [-0.2, 0) is 21.2 Å². The molecule has 9 heteroatoms. The van der Waals surface area contributed by atoms with E-state index < -0.39 is 27.8 Å². The summed E-state index contributed by atoms with van der Waals surface area (Å²) in [5, 5.41) is 16.0. The second kappa shape index (κ2) is 15.6. The molecule has 1 saturated carbocycles. The molecule has 2 aromatic rings. The molecule has 0 heterocycles. The Bertz CT molecular complexity index is 1240. The van der Waals surface area contributed by atoms with E-state index in [0.717, 1.165) is 45.9 Å². The Morgan fingerprint density at radius 3 is 2.45 bits per heavy atom. The number of hydrogen-bond donors (Lipinski definition) is 3. The fraction of sp³-hybridized carbons (Fsp3) is 0.548. The highest BCUT2D eigenvalue weighted by Gasteiger charge is 2.25. The van der Waals surface area contributed by atoms with E-state index in [9.17, 15) is 23.1 Å². The summed E-state index contributed by atoms with van der Waals surface area (Å²) in [4.78, 5) is 25.2. The minimum atomic E-state index is -3.37. The van der Waals surface area contributed by atoms with Gasteiger partial charge < -0.3 is 15.7 Å². The standard InChI is InChI=1S/C31H44N2O5S2/c1-4-39-21-25(18-23-11-6-5-7-12-23)32-20-24-14-15-27(28(19-24)26-13-9-8-10-22(26)2)30(34)33-29(31(35)36)16-17-40(3,37)38/h8-10,13-15,19,23,25,29,32H,4-7,11-12,16-18,20-21H2,1-3H3,(H,33,34)(H,35,36)/t25?,29-/m0/s1. The van der Waals surface area contributed by atoms with Crippen LogP contribution < -0.4 is 10.6 Å². The molecule has 3 N–H and O–H groups in total. The van der Waals surface area contributed by atoms with Gasteiger partial charge in [0.15, 0.2) is 0 Å². The Morgan fingerprint density at radius 1 is 1.07 bits per heavy atom. The molecule has 1 unspecified atom stereocenters. The Labute approximate surface area is 243 Å². The van der Waals surface area contributed by atoms with Gasteiger partial charge in [0, 0.05) is 30.2 Å². The van der Waals surface area contributed by atoms with Crippen LogP contribution in [0.15, 0.2) is 42.5 Å². The van der Waals surface area contributed by atoms with Crippen molar-refractivity contribution < 1.29 is 23.1 Å². The lowest BCUT2D eigenvalue weighted by molar-refractivity contribution is -0.139. The molecule has 7 nitrogen and oxygen atoms in total. The molecule has 0 saturated heterocycles. The third-order valence-electron chi connectivity index (χ3n) is 7.61. The number of thioether (sulfide) groups is 1. The van der Waals surface area contributed by atoms with Gasteiger partial charge in [-0.15, -0.1) is 0 Å². The summed E-state index contributed by atoms with van der Waals surface area (Å²) in [5.74, 6) is 0.825. The largest absolute Gasteiger partial charge is 0.480 e. The molecular formula is C31H44N2O5S2. The zero-order valence-electron chi connectivity index (χ0n) is 23.9. The number of carboxylic acids is 1. The van der Waals surface area contributed by atoms with Crippen molar-refractivity contribution in [1.29, 1.82) is 0 Å². The predicted molar refractivity (Wildman–Crippen MR) is 165 cm³/mol. The highest BCUT2D eigenvalue weighted by atomic mass is 32.2. The molecule has 40 heavy (non-hydrogen) atoms. The molecule has 1 amide bonds. The van der Waals surface area contributed by atoms with E-state index in [0.29, 0.717) is 18.2 Å². The molecule has 220 valence electrons. The highest BCUT2D eigenvalue weighted by molar-refractivity contribution is 7.99. The molecule has 0 aromatic heterocycles. The van der Waals surface area contributed by atoms with E-state index in [2.05, 4.69) is 17.6 Å². The van der Waals surface area contributed by atoms with E-state index in [-0.39, 0.29) is 12.2 Å². The van der Waals surface area contributed by atoms with E-state index in [1.54, 1.807) is 6.07 Å². The van der Waals surface area contributed by atoms with Crippen LogP contribution in [0.3, 0.4) is 0 Å². The molecule has 2 aromatic carbocycles. The lowest BCUT2D eigenvalue weighted by Gasteiger charge is -2.27. The average molecular weight is 589 g/mol. The van der Waals surface area contributed by atoms with Crippen LogP contribution in [0.2, 0.25) is 0 Å². The fourth-order valence-electron chi connectivity index (χ4n) is 5.38. The summed E-state index contributed by atoms with van der Waals surface area (Å²) in [6.45, 7) is 4.85. The van der Waals surface area contributed by atoms with Gasteiger partial charge in [-0.25, -0.2) is 13.2 Å². The van der Waals surface area contributed by atoms with Crippen LogP contribution in [0.1, 0.15) is 73.4 Å². The van der Waals surface area contributed by atoms with Crippen LogP contribution in [0.5, 0.6) is 0 Å². The first-order valence-electron chi connectivity index (χ1n) is 14.3. The van der Waals surface area contributed by atoms with Crippen molar-refractivity contribution in [1.82, 2.24) is 10.6 Å². The first kappa shape index (κ1) is 32.2. The highest BCUT2D eigenvalue weighted by Crippen LogP contribution is 2.30. The Balaban J connectivity index is 1.83. The van der Waals surface area contributed by atoms with Gasteiger partial charge in [0.25, 0.3) is 5.91 Å². The number of hydrogen-bond acceptors (Lipinski definition) is 6. The van der Waals surface area contributed by atoms with Crippen LogP contribution in [0.25, 0.3) is 11.1 Å². The van der Waals surface area contributed by atoms with Crippen LogP contribution in [-0.4, -0.2) is 61.0 Å². The minimum absolute atomic E-state index is 0.195. The number of carboxylic acid groups (broad SMARTS) is 1. The zero-order valence-corrected chi connectivity index (χ0v) is 25.6. The first-order valence-corrected chi connectivity index (χ1v) is 17.5. The number of benzene rings is 2. The maximum atomic E-state index is 13.4. The van der Waals surface area contributed by atoms with Crippen molar-refractivity contribution in [3.05, 3.63) is 59.2 Å². The Hall–Kier alpha value is -2.36. The van der Waals surface area contributed by atoms with Crippen molar-refractivity contribution in [2.24, 2.45) is 5.92 Å². The number of amides is 1. The van der Waals surface area contributed by atoms with Gasteiger partial charge in [-0.05, 0) is 65.8 Å². The monoisotopic (exact) mass is 588 g/mol. The summed E-state index contributed by atoms with van der Waals surface area (Å²) in [6.07, 6.45) is 8.69. The number of nitrogens with one attached hydrogen (secondary N) is 2. The summed E-state index contributed by atoms with van der Waals surface area (Å²) >= 11 is 1.96. The van der Waals surface area contributed by atoms with Gasteiger partial charge in [-0.2, -0.15) is 11.8 Å². The van der Waals surface area contributed by atoms with E-state index in [4.69, 9.17) is 0 Å². The molecule has 1 aliphatic rings. The van der Waals surface area contributed by atoms with Gasteiger partial charge in [-0.1, -0.05) is 69.4 Å². The number of aliphatic carboxylic acids is 1. The number of sulfone groups is 1. The maximum Gasteiger partial charge on any atom is 0.326 e. The topological polar surface area (TPSA) is 113 Å². The second-order valence-corrected chi connectivity index (χ2v) is 14.5. The lowest BCUT2D eigenvalue weighted by Crippen LogP contribution is -2.42. The van der Waals surface area contributed by atoms with Gasteiger partial charge in [0.2, 0.25) is 0 Å². The lowest BCUT2D eigenvalue weighted by atomic mass is 9.85. The summed E-state index contributed by atoms with van der Waals surface area (Å²) in [6, 6.07) is 12.6. The van der Waals surface area contributed by atoms with E-state index >= 15 is 0 Å². The van der Waals surface area contributed by atoms with E-state index in [1.807, 2.05) is 55.1 Å². The van der Waals surface area contributed by atoms with Crippen LogP contribution in [0, 0.1) is 12.8 Å². The number of aryl methyl sites for hydroxylation is 1. The van der Waals surface area contributed by atoms with E-state index in [1.165, 1.54) is 38.5 Å². The van der Waals surface area contributed by atoms with Crippen molar-refractivity contribution in [2.75, 3.05) is 23.5 Å². The maximum absolute atomic E-state index is 13.4. The normalized spacial score (nSPS) is 15.9. The molecular weight excluding hydrogens is 544 g/mol. The van der Waals surface area contributed by atoms with Crippen molar-refractivity contribution in [2.45, 2.75) is 77.4 Å². The predicted octanol–water partition coefficient (Wildman–Crippen LogP) is 5.46. The molecule has 2 atom stereocenters. The van der Waals surface area contributed by atoms with Crippen LogP contribution in [0.4, 0.5) is 0 Å².